The number of halogens is 2. The van der Waals surface area contributed by atoms with E-state index in [-0.39, 0.29) is 0 Å². The molecule has 0 radical (unpaired) electrons. The molecule has 0 aromatic carbocycles. The van der Waals surface area contributed by atoms with Gasteiger partial charge in [0.1, 0.15) is 0 Å². The van der Waals surface area contributed by atoms with Crippen molar-refractivity contribution in [2.24, 2.45) is 0 Å². The molecule has 0 aliphatic carbocycles. The maximum absolute atomic E-state index is 10.6. The molecular formula is C3HBr2NO3. The molecule has 1 aliphatic rings. The van der Waals surface area contributed by atoms with Gasteiger partial charge in [-0.2, -0.15) is 3.93 Å². The molecule has 0 spiro atoms. The molecule has 2 amide bonds. The molecule has 1 atom stereocenters. The molecule has 50 valence electrons. The van der Waals surface area contributed by atoms with Crippen LogP contribution in [0.1, 0.15) is 0 Å². The zero-order valence-corrected chi connectivity index (χ0v) is 7.18. The standard InChI is InChI=1S/C3HBr2NO3/c4-1-2(7)6(5)3(8)9-1/h1H. The lowest BCUT2D eigenvalue weighted by Gasteiger charge is -1.93. The molecule has 1 saturated heterocycles. The van der Waals surface area contributed by atoms with Gasteiger partial charge >= 0.3 is 6.09 Å². The summed E-state index contributed by atoms with van der Waals surface area (Å²) in [6.07, 6.45) is -0.693. The summed E-state index contributed by atoms with van der Waals surface area (Å²) >= 11 is 5.51. The Balaban J connectivity index is 2.77. The number of carbonyl (C=O) groups is 2. The number of rotatable bonds is 0. The Morgan fingerprint density at radius 1 is 1.56 bits per heavy atom. The number of cyclic esters (lactones) is 1. The highest BCUT2D eigenvalue weighted by Gasteiger charge is 2.37. The van der Waals surface area contributed by atoms with Crippen LogP contribution in [0.25, 0.3) is 0 Å². The fourth-order valence-corrected chi connectivity index (χ4v) is 1.27. The molecule has 6 heteroatoms. The number of amides is 2. The number of carbonyl (C=O) groups excluding carboxylic acids is 2. The zero-order chi connectivity index (χ0) is 7.02. The van der Waals surface area contributed by atoms with Crippen LogP contribution in [0.3, 0.4) is 0 Å². The first-order chi connectivity index (χ1) is 4.13. The van der Waals surface area contributed by atoms with Crippen LogP contribution in [0, 0.1) is 0 Å². The van der Waals surface area contributed by atoms with E-state index in [0.29, 0.717) is 0 Å². The van der Waals surface area contributed by atoms with Crippen LogP contribution in [-0.4, -0.2) is 20.9 Å². The Hall–Kier alpha value is -0.100. The smallest absolute Gasteiger partial charge is 0.423 e. The monoisotopic (exact) mass is 257 g/mol. The highest BCUT2D eigenvalue weighted by molar-refractivity contribution is 9.10. The molecular weight excluding hydrogens is 258 g/mol. The molecule has 0 aromatic heterocycles. The Morgan fingerprint density at radius 3 is 2.22 bits per heavy atom. The molecule has 0 bridgehead atoms. The number of nitrogens with zero attached hydrogens (tertiary/aromatic N) is 1. The maximum Gasteiger partial charge on any atom is 0.428 e. The van der Waals surface area contributed by atoms with Gasteiger partial charge in [0.2, 0.25) is 5.01 Å². The summed E-state index contributed by atoms with van der Waals surface area (Å²) in [6, 6.07) is 0. The molecule has 9 heavy (non-hydrogen) atoms. The van der Waals surface area contributed by atoms with E-state index in [1.165, 1.54) is 0 Å². The van der Waals surface area contributed by atoms with E-state index in [2.05, 4.69) is 36.8 Å². The number of imide groups is 1. The van der Waals surface area contributed by atoms with Crippen molar-refractivity contribution in [2.45, 2.75) is 5.01 Å². The molecule has 1 fully saturated rings. The van der Waals surface area contributed by atoms with Crippen LogP contribution in [0.15, 0.2) is 0 Å². The third-order valence-electron chi connectivity index (χ3n) is 0.752. The minimum Gasteiger partial charge on any atom is -0.423 e. The molecule has 1 aliphatic heterocycles. The average Bonchev–Trinajstić information content (AvgIpc) is 1.98. The topological polar surface area (TPSA) is 46.6 Å². The van der Waals surface area contributed by atoms with Gasteiger partial charge in [-0.3, -0.25) is 4.79 Å². The predicted molar refractivity (Wildman–Crippen MR) is 35.0 cm³/mol. The van der Waals surface area contributed by atoms with Crippen LogP contribution in [0.5, 0.6) is 0 Å². The van der Waals surface area contributed by atoms with Gasteiger partial charge in [-0.25, -0.2) is 4.79 Å². The Labute approximate surface area is 67.6 Å². The Kier molecular flexibility index (Phi) is 1.76. The van der Waals surface area contributed by atoms with E-state index in [4.69, 9.17) is 0 Å². The predicted octanol–water partition coefficient (Wildman–Crippen LogP) is 0.996. The summed E-state index contributed by atoms with van der Waals surface area (Å²) in [5.74, 6) is -0.444. The summed E-state index contributed by atoms with van der Waals surface area (Å²) in [7, 11) is 0. The van der Waals surface area contributed by atoms with Crippen LogP contribution in [0.4, 0.5) is 4.79 Å². The lowest BCUT2D eigenvalue weighted by Crippen LogP contribution is -2.18. The third-order valence-corrected chi connectivity index (χ3v) is 1.97. The van der Waals surface area contributed by atoms with E-state index in [1.807, 2.05) is 0 Å². The quantitative estimate of drug-likeness (QED) is 0.481. The minimum atomic E-state index is -0.829. The minimum absolute atomic E-state index is 0.444. The average molecular weight is 259 g/mol. The number of alkyl halides is 1. The van der Waals surface area contributed by atoms with Crippen molar-refractivity contribution in [1.82, 2.24) is 3.93 Å². The second-order valence-electron chi connectivity index (χ2n) is 1.32. The summed E-state index contributed by atoms with van der Waals surface area (Å²) < 4.78 is 5.12. The molecule has 1 rings (SSSR count). The van der Waals surface area contributed by atoms with Crippen molar-refractivity contribution in [3.05, 3.63) is 0 Å². The van der Waals surface area contributed by atoms with E-state index in [0.717, 1.165) is 3.93 Å². The normalized spacial score (nSPS) is 26.9. The van der Waals surface area contributed by atoms with Crippen molar-refractivity contribution in [1.29, 1.82) is 0 Å². The van der Waals surface area contributed by atoms with Crippen LogP contribution < -0.4 is 0 Å². The summed E-state index contributed by atoms with van der Waals surface area (Å²) in [4.78, 5) is 21.0. The molecule has 0 saturated carbocycles. The fourth-order valence-electron chi connectivity index (χ4n) is 0.364. The van der Waals surface area contributed by atoms with E-state index < -0.39 is 17.0 Å². The van der Waals surface area contributed by atoms with Gasteiger partial charge in [-0.05, 0) is 15.9 Å². The van der Waals surface area contributed by atoms with Gasteiger partial charge in [0.05, 0.1) is 16.1 Å². The van der Waals surface area contributed by atoms with Crippen molar-refractivity contribution in [3.63, 3.8) is 0 Å². The van der Waals surface area contributed by atoms with Crippen LogP contribution in [-0.2, 0) is 9.53 Å². The van der Waals surface area contributed by atoms with Crippen LogP contribution >= 0.6 is 32.1 Å². The SMILES string of the molecule is O=C1OC(Br)C(=O)N1Br. The van der Waals surface area contributed by atoms with Crippen molar-refractivity contribution in [2.75, 3.05) is 0 Å². The van der Waals surface area contributed by atoms with Gasteiger partial charge in [0, 0.05) is 0 Å². The van der Waals surface area contributed by atoms with Crippen molar-refractivity contribution in [3.8, 4) is 0 Å². The van der Waals surface area contributed by atoms with E-state index in [9.17, 15) is 9.59 Å². The molecule has 1 unspecified atom stereocenters. The maximum atomic E-state index is 10.6. The number of hydrogen-bond donors (Lipinski definition) is 0. The zero-order valence-electron chi connectivity index (χ0n) is 4.01. The second kappa shape index (κ2) is 2.26. The lowest BCUT2D eigenvalue weighted by molar-refractivity contribution is -0.123. The number of hydrogen-bond acceptors (Lipinski definition) is 3. The van der Waals surface area contributed by atoms with Gasteiger partial charge in [0.15, 0.2) is 0 Å². The third kappa shape index (κ3) is 1.09. The Bertz CT molecular complexity index is 170. The lowest BCUT2D eigenvalue weighted by atomic mass is 10.7. The van der Waals surface area contributed by atoms with Gasteiger partial charge in [0.25, 0.3) is 5.91 Å². The molecule has 0 N–H and O–H groups in total. The number of ether oxygens (including phenoxy) is 1. The summed E-state index contributed by atoms with van der Waals surface area (Å²) in [5, 5.41) is -0.829. The van der Waals surface area contributed by atoms with Crippen molar-refractivity contribution < 1.29 is 14.3 Å². The van der Waals surface area contributed by atoms with Crippen molar-refractivity contribution >= 4 is 44.1 Å². The van der Waals surface area contributed by atoms with E-state index in [1.54, 1.807) is 0 Å². The molecule has 0 aromatic rings. The first kappa shape index (κ1) is 7.01. The second-order valence-corrected chi connectivity index (χ2v) is 2.86. The van der Waals surface area contributed by atoms with Gasteiger partial charge in [-0.1, -0.05) is 0 Å². The van der Waals surface area contributed by atoms with Gasteiger partial charge in [-0.15, -0.1) is 0 Å². The molecule has 1 heterocycles. The first-order valence-corrected chi connectivity index (χ1v) is 3.60. The Morgan fingerprint density at radius 2 is 2.11 bits per heavy atom. The molecule has 4 nitrogen and oxygen atoms in total. The first-order valence-electron chi connectivity index (χ1n) is 1.97. The largest absolute Gasteiger partial charge is 0.428 e. The highest BCUT2D eigenvalue weighted by atomic mass is 79.9. The summed E-state index contributed by atoms with van der Waals surface area (Å²) in [6.45, 7) is 0. The van der Waals surface area contributed by atoms with E-state index >= 15 is 0 Å². The summed E-state index contributed by atoms with van der Waals surface area (Å²) in [5.41, 5.74) is 0. The van der Waals surface area contributed by atoms with Crippen LogP contribution in [0.2, 0.25) is 0 Å². The fraction of sp³-hybridized carbons (Fsp3) is 0.333. The van der Waals surface area contributed by atoms with Gasteiger partial charge < -0.3 is 4.74 Å². The highest BCUT2D eigenvalue weighted by Crippen LogP contribution is 2.20.